The number of hydrogen-bond acceptors (Lipinski definition) is 5. The lowest BCUT2D eigenvalue weighted by Crippen LogP contribution is -2.33. The predicted octanol–water partition coefficient (Wildman–Crippen LogP) is 3.59. The first-order valence-corrected chi connectivity index (χ1v) is 8.45. The van der Waals surface area contributed by atoms with Gasteiger partial charge in [0.1, 0.15) is 23.1 Å². The molecular formula is C20H18FN3O4. The second-order valence-electron chi connectivity index (χ2n) is 6.00. The summed E-state index contributed by atoms with van der Waals surface area (Å²) in [7, 11) is 0. The minimum absolute atomic E-state index is 0.198. The van der Waals surface area contributed by atoms with E-state index in [2.05, 4.69) is 15.6 Å². The van der Waals surface area contributed by atoms with Crippen LogP contribution < -0.4 is 15.4 Å². The zero-order valence-corrected chi connectivity index (χ0v) is 15.3. The highest BCUT2D eigenvalue weighted by molar-refractivity contribution is 5.99. The van der Waals surface area contributed by atoms with Crippen molar-refractivity contribution in [3.8, 4) is 11.6 Å². The first-order chi connectivity index (χ1) is 13.4. The summed E-state index contributed by atoms with van der Waals surface area (Å²) in [5, 5.41) is 5.16. The molecule has 0 saturated carbocycles. The maximum Gasteiger partial charge on any atom is 0.255 e. The lowest BCUT2D eigenvalue weighted by molar-refractivity contribution is -0.115. The molecule has 144 valence electrons. The van der Waals surface area contributed by atoms with Crippen LogP contribution in [0.15, 0.2) is 53.1 Å². The summed E-state index contributed by atoms with van der Waals surface area (Å²) in [5.41, 5.74) is 0.843. The molecule has 0 aliphatic heterocycles. The SMILES string of the molecule is Cc1cc(C(=O)NCC(=O)Nc2ccc(Oc3ccc(F)cc3)nc2)c(C)o1. The van der Waals surface area contributed by atoms with Crippen LogP contribution in [0.2, 0.25) is 0 Å². The summed E-state index contributed by atoms with van der Waals surface area (Å²) in [6.07, 6.45) is 1.42. The Bertz CT molecular complexity index is 982. The van der Waals surface area contributed by atoms with Gasteiger partial charge in [-0.15, -0.1) is 0 Å². The van der Waals surface area contributed by atoms with Crippen LogP contribution in [-0.4, -0.2) is 23.3 Å². The summed E-state index contributed by atoms with van der Waals surface area (Å²) in [5.74, 6) is 0.716. The van der Waals surface area contributed by atoms with Gasteiger partial charge in [-0.25, -0.2) is 9.37 Å². The number of nitrogens with zero attached hydrogens (tertiary/aromatic N) is 1. The van der Waals surface area contributed by atoms with Gasteiger partial charge in [0.15, 0.2) is 0 Å². The average molecular weight is 383 g/mol. The molecule has 1 aromatic carbocycles. The lowest BCUT2D eigenvalue weighted by Gasteiger charge is -2.08. The molecule has 2 heterocycles. The second-order valence-corrected chi connectivity index (χ2v) is 6.00. The molecule has 0 spiro atoms. The van der Waals surface area contributed by atoms with Gasteiger partial charge in [-0.1, -0.05) is 0 Å². The molecule has 0 bridgehead atoms. The zero-order valence-electron chi connectivity index (χ0n) is 15.3. The fourth-order valence-electron chi connectivity index (χ4n) is 2.46. The summed E-state index contributed by atoms with van der Waals surface area (Å²) in [6.45, 7) is 3.23. The van der Waals surface area contributed by atoms with Crippen LogP contribution in [0.3, 0.4) is 0 Å². The van der Waals surface area contributed by atoms with Gasteiger partial charge in [0.2, 0.25) is 11.8 Å². The van der Waals surface area contributed by atoms with Gasteiger partial charge in [-0.3, -0.25) is 9.59 Å². The van der Waals surface area contributed by atoms with Crippen molar-refractivity contribution in [1.29, 1.82) is 0 Å². The number of halogens is 1. The summed E-state index contributed by atoms with van der Waals surface area (Å²) >= 11 is 0. The van der Waals surface area contributed by atoms with E-state index in [1.54, 1.807) is 32.0 Å². The first-order valence-electron chi connectivity index (χ1n) is 8.45. The molecule has 28 heavy (non-hydrogen) atoms. The molecule has 2 aromatic heterocycles. The van der Waals surface area contributed by atoms with E-state index in [1.807, 2.05) is 0 Å². The van der Waals surface area contributed by atoms with Crippen LogP contribution in [0.25, 0.3) is 0 Å². The van der Waals surface area contributed by atoms with Gasteiger partial charge >= 0.3 is 0 Å². The third-order valence-electron chi connectivity index (χ3n) is 3.75. The van der Waals surface area contributed by atoms with Crippen molar-refractivity contribution in [3.63, 3.8) is 0 Å². The topological polar surface area (TPSA) is 93.5 Å². The van der Waals surface area contributed by atoms with E-state index in [9.17, 15) is 14.0 Å². The zero-order chi connectivity index (χ0) is 20.1. The highest BCUT2D eigenvalue weighted by Crippen LogP contribution is 2.20. The van der Waals surface area contributed by atoms with Crippen LogP contribution in [0.5, 0.6) is 11.6 Å². The smallest absolute Gasteiger partial charge is 0.255 e. The largest absolute Gasteiger partial charge is 0.466 e. The molecule has 0 atom stereocenters. The number of ether oxygens (including phenoxy) is 1. The molecule has 0 fully saturated rings. The Morgan fingerprint density at radius 1 is 1.14 bits per heavy atom. The van der Waals surface area contributed by atoms with E-state index in [0.717, 1.165) is 0 Å². The number of rotatable bonds is 6. The Morgan fingerprint density at radius 3 is 2.50 bits per heavy atom. The predicted molar refractivity (Wildman–Crippen MR) is 99.9 cm³/mol. The maximum atomic E-state index is 12.9. The Morgan fingerprint density at radius 2 is 1.89 bits per heavy atom. The molecule has 8 heteroatoms. The normalized spacial score (nSPS) is 10.4. The molecule has 0 aliphatic rings. The number of aromatic nitrogens is 1. The third kappa shape index (κ3) is 4.94. The van der Waals surface area contributed by atoms with Crippen molar-refractivity contribution in [2.45, 2.75) is 13.8 Å². The molecule has 2 amide bonds. The number of aryl methyl sites for hydroxylation is 2. The van der Waals surface area contributed by atoms with Crippen LogP contribution in [0, 0.1) is 19.7 Å². The Labute approximate surface area is 160 Å². The van der Waals surface area contributed by atoms with Gasteiger partial charge in [-0.05, 0) is 50.2 Å². The number of anilines is 1. The number of carbonyl (C=O) groups excluding carboxylic acids is 2. The van der Waals surface area contributed by atoms with E-state index in [-0.39, 0.29) is 18.3 Å². The number of benzene rings is 1. The highest BCUT2D eigenvalue weighted by Gasteiger charge is 2.14. The van der Waals surface area contributed by atoms with Gasteiger partial charge < -0.3 is 19.8 Å². The molecule has 0 saturated heterocycles. The van der Waals surface area contributed by atoms with Crippen molar-refractivity contribution < 1.29 is 23.1 Å². The second kappa shape index (κ2) is 8.34. The van der Waals surface area contributed by atoms with E-state index in [1.165, 1.54) is 30.5 Å². The number of furan rings is 1. The molecule has 2 N–H and O–H groups in total. The number of pyridine rings is 1. The summed E-state index contributed by atoms with van der Waals surface area (Å²) in [6, 6.07) is 10.3. The number of amides is 2. The van der Waals surface area contributed by atoms with Gasteiger partial charge in [-0.2, -0.15) is 0 Å². The molecule has 0 radical (unpaired) electrons. The van der Waals surface area contributed by atoms with E-state index in [4.69, 9.17) is 9.15 Å². The van der Waals surface area contributed by atoms with Gasteiger partial charge in [0.25, 0.3) is 5.91 Å². The van der Waals surface area contributed by atoms with E-state index >= 15 is 0 Å². The standard InChI is InChI=1S/C20H18FN3O4/c1-12-9-17(13(2)27-12)20(26)23-11-18(25)24-15-5-8-19(22-10-15)28-16-6-3-14(21)4-7-16/h3-10H,11H2,1-2H3,(H,23,26)(H,24,25). The fraction of sp³-hybridized carbons (Fsp3) is 0.150. The Kier molecular flexibility index (Phi) is 5.69. The molecule has 7 nitrogen and oxygen atoms in total. The van der Waals surface area contributed by atoms with Crippen molar-refractivity contribution in [3.05, 3.63) is 71.6 Å². The number of carbonyl (C=O) groups is 2. The molecular weight excluding hydrogens is 365 g/mol. The quantitative estimate of drug-likeness (QED) is 0.678. The average Bonchev–Trinajstić information content (AvgIpc) is 3.01. The highest BCUT2D eigenvalue weighted by atomic mass is 19.1. The molecule has 0 aliphatic carbocycles. The van der Waals surface area contributed by atoms with Gasteiger partial charge in [0.05, 0.1) is 24.0 Å². The Balaban J connectivity index is 1.50. The van der Waals surface area contributed by atoms with Crippen LogP contribution >= 0.6 is 0 Å². The third-order valence-corrected chi connectivity index (χ3v) is 3.75. The van der Waals surface area contributed by atoms with Crippen molar-refractivity contribution in [1.82, 2.24) is 10.3 Å². The van der Waals surface area contributed by atoms with E-state index in [0.29, 0.717) is 34.4 Å². The van der Waals surface area contributed by atoms with Crippen LogP contribution in [0.4, 0.5) is 10.1 Å². The monoisotopic (exact) mass is 383 g/mol. The Hall–Kier alpha value is -3.68. The number of hydrogen-bond donors (Lipinski definition) is 2. The summed E-state index contributed by atoms with van der Waals surface area (Å²) < 4.78 is 23.7. The van der Waals surface area contributed by atoms with Crippen molar-refractivity contribution >= 4 is 17.5 Å². The minimum Gasteiger partial charge on any atom is -0.466 e. The molecule has 0 unspecified atom stereocenters. The summed E-state index contributed by atoms with van der Waals surface area (Å²) in [4.78, 5) is 28.2. The van der Waals surface area contributed by atoms with Crippen molar-refractivity contribution in [2.24, 2.45) is 0 Å². The lowest BCUT2D eigenvalue weighted by atomic mass is 10.2. The van der Waals surface area contributed by atoms with Crippen LogP contribution in [0.1, 0.15) is 21.9 Å². The molecule has 3 rings (SSSR count). The molecule has 3 aromatic rings. The minimum atomic E-state index is -0.403. The fourth-order valence-corrected chi connectivity index (χ4v) is 2.46. The van der Waals surface area contributed by atoms with Crippen molar-refractivity contribution in [2.75, 3.05) is 11.9 Å². The number of nitrogens with one attached hydrogen (secondary N) is 2. The maximum absolute atomic E-state index is 12.9. The van der Waals surface area contributed by atoms with Crippen LogP contribution in [-0.2, 0) is 4.79 Å². The van der Waals surface area contributed by atoms with E-state index < -0.39 is 5.91 Å². The van der Waals surface area contributed by atoms with Gasteiger partial charge in [0, 0.05) is 6.07 Å². The first kappa shape index (κ1) is 19.1.